The molecule has 6 N–H and O–H groups in total. The lowest BCUT2D eigenvalue weighted by molar-refractivity contribution is -0.490. The Kier molecular flexibility index (Phi) is 8.21. The Hall–Kier alpha value is -2.96. The van der Waals surface area contributed by atoms with E-state index in [1.54, 1.807) is 0 Å². The normalized spacial score (nSPS) is 12.7. The van der Waals surface area contributed by atoms with Crippen LogP contribution in [0.2, 0.25) is 0 Å². The Labute approximate surface area is 147 Å². The van der Waals surface area contributed by atoms with E-state index < -0.39 is 41.2 Å². The second-order valence-electron chi connectivity index (χ2n) is 5.28. The zero-order valence-electron chi connectivity index (χ0n) is 13.5. The summed E-state index contributed by atoms with van der Waals surface area (Å²) >= 11 is 0. The number of nitroso groups, excluding NO2 is 1. The van der Waals surface area contributed by atoms with Gasteiger partial charge < -0.3 is 26.0 Å². The van der Waals surface area contributed by atoms with Gasteiger partial charge in [-0.2, -0.15) is 0 Å². The molecule has 0 bridgehead atoms. The summed E-state index contributed by atoms with van der Waals surface area (Å²) in [7, 11) is 0. The van der Waals surface area contributed by atoms with Gasteiger partial charge in [-0.15, -0.1) is 0 Å². The molecule has 0 radical (unpaired) electrons. The van der Waals surface area contributed by atoms with Crippen LogP contribution in [0.15, 0.2) is 18.2 Å². The number of non-ortho nitro benzene ring substituents is 1. The number of nitrogens with zero attached hydrogens (tertiary/aromatic N) is 1. The Morgan fingerprint density at radius 3 is 2.00 bits per heavy atom. The van der Waals surface area contributed by atoms with Crippen LogP contribution < -0.4 is 15.8 Å². The van der Waals surface area contributed by atoms with Gasteiger partial charge in [0.2, 0.25) is 6.54 Å². The first kappa shape index (κ1) is 21.1. The summed E-state index contributed by atoms with van der Waals surface area (Å²) < 4.78 is 0. The molecule has 12 heteroatoms. The minimum absolute atomic E-state index is 0.198. The Morgan fingerprint density at radius 1 is 1.08 bits per heavy atom. The molecule has 142 valence electrons. The predicted molar refractivity (Wildman–Crippen MR) is 86.1 cm³/mol. The van der Waals surface area contributed by atoms with Crippen LogP contribution in [0.4, 0.5) is 5.69 Å². The highest BCUT2D eigenvalue weighted by Gasteiger charge is 2.19. The fourth-order valence-electron chi connectivity index (χ4n) is 1.84. The van der Waals surface area contributed by atoms with E-state index in [4.69, 9.17) is 5.11 Å². The first-order valence-corrected chi connectivity index (χ1v) is 7.46. The van der Waals surface area contributed by atoms with Crippen LogP contribution in [0.3, 0.4) is 0 Å². The first-order valence-electron chi connectivity index (χ1n) is 7.46. The van der Waals surface area contributed by atoms with Crippen molar-refractivity contribution in [1.29, 1.82) is 0 Å². The molecule has 1 rings (SSSR count). The van der Waals surface area contributed by atoms with E-state index in [-0.39, 0.29) is 30.8 Å². The summed E-state index contributed by atoms with van der Waals surface area (Å²) in [6, 6.07) is 3.00. The monoisotopic (exact) mass is 371 g/mol. The van der Waals surface area contributed by atoms with Crippen LogP contribution in [-0.2, 0) is 0 Å². The van der Waals surface area contributed by atoms with Gasteiger partial charge in [0, 0.05) is 34.7 Å². The van der Waals surface area contributed by atoms with E-state index in [1.165, 1.54) is 5.18 Å². The van der Waals surface area contributed by atoms with Crippen LogP contribution in [0.25, 0.3) is 0 Å². The predicted octanol–water partition coefficient (Wildman–Crippen LogP) is -3.38. The molecular formula is C14H19N4O8+. The number of nitrogens with one attached hydrogen (secondary N) is 3. The molecule has 0 heterocycles. The fraction of sp³-hybridized carbons (Fsp3) is 0.429. The van der Waals surface area contributed by atoms with Crippen LogP contribution in [0.1, 0.15) is 20.7 Å². The van der Waals surface area contributed by atoms with Gasteiger partial charge in [0.25, 0.3) is 17.5 Å². The second-order valence-corrected chi connectivity index (χ2v) is 5.28. The SMILES string of the molecule is O=[NH+]CC(O)CNC(=O)c1cc(C(=O)NCC(O)CO)cc([N+](=O)[O-])c1. The lowest BCUT2D eigenvalue weighted by Crippen LogP contribution is -2.68. The smallest absolute Gasteiger partial charge is 0.271 e. The summed E-state index contributed by atoms with van der Waals surface area (Å²) in [5.74, 6) is -1.58. The number of hydrogen-bond acceptors (Lipinski definition) is 8. The quantitative estimate of drug-likeness (QED) is 0.181. The average Bonchev–Trinajstić information content (AvgIpc) is 2.63. The highest BCUT2D eigenvalue weighted by atomic mass is 16.6. The average molecular weight is 371 g/mol. The van der Waals surface area contributed by atoms with Gasteiger partial charge >= 0.3 is 0 Å². The number of nitro groups is 1. The first-order chi connectivity index (χ1) is 12.3. The molecule has 0 aliphatic rings. The second kappa shape index (κ2) is 10.1. The van der Waals surface area contributed by atoms with Crippen molar-refractivity contribution in [3.63, 3.8) is 0 Å². The van der Waals surface area contributed by atoms with E-state index in [1.807, 2.05) is 0 Å². The van der Waals surface area contributed by atoms with Crippen molar-refractivity contribution in [3.05, 3.63) is 44.3 Å². The molecule has 2 amide bonds. The molecule has 0 spiro atoms. The molecule has 2 atom stereocenters. The maximum atomic E-state index is 12.1. The highest BCUT2D eigenvalue weighted by Crippen LogP contribution is 2.17. The third-order valence-corrected chi connectivity index (χ3v) is 3.18. The molecule has 0 saturated heterocycles. The number of nitro benzene ring substituents is 1. The lowest BCUT2D eigenvalue weighted by atomic mass is 10.1. The number of aliphatic hydroxyl groups is 3. The van der Waals surface area contributed by atoms with Gasteiger partial charge in [0.1, 0.15) is 6.10 Å². The van der Waals surface area contributed by atoms with E-state index in [2.05, 4.69) is 10.6 Å². The van der Waals surface area contributed by atoms with Crippen LogP contribution in [0.5, 0.6) is 0 Å². The van der Waals surface area contributed by atoms with E-state index in [0.29, 0.717) is 0 Å². The Morgan fingerprint density at radius 2 is 1.58 bits per heavy atom. The molecule has 26 heavy (non-hydrogen) atoms. The van der Waals surface area contributed by atoms with Crippen molar-refractivity contribution in [2.75, 3.05) is 26.2 Å². The molecule has 0 aliphatic heterocycles. The lowest BCUT2D eigenvalue weighted by Gasteiger charge is -2.11. The molecule has 0 saturated carbocycles. The van der Waals surface area contributed by atoms with Crippen LogP contribution >= 0.6 is 0 Å². The van der Waals surface area contributed by atoms with E-state index in [0.717, 1.165) is 18.2 Å². The van der Waals surface area contributed by atoms with Crippen molar-refractivity contribution in [2.45, 2.75) is 12.2 Å². The van der Waals surface area contributed by atoms with Gasteiger partial charge in [-0.25, -0.2) is 0 Å². The van der Waals surface area contributed by atoms with Gasteiger partial charge in [0.15, 0.2) is 0 Å². The number of carbonyl (C=O) groups excluding carboxylic acids is 2. The number of benzene rings is 1. The van der Waals surface area contributed by atoms with Crippen molar-refractivity contribution >= 4 is 17.5 Å². The number of amides is 2. The van der Waals surface area contributed by atoms with Crippen LogP contribution in [0, 0.1) is 15.0 Å². The third kappa shape index (κ3) is 6.51. The summed E-state index contributed by atoms with van der Waals surface area (Å²) in [5.41, 5.74) is -0.905. The minimum atomic E-state index is -1.20. The maximum absolute atomic E-state index is 12.1. The number of rotatable bonds is 10. The Balaban J connectivity index is 2.96. The van der Waals surface area contributed by atoms with Gasteiger partial charge in [0.05, 0.1) is 24.2 Å². The van der Waals surface area contributed by atoms with Gasteiger partial charge in [-0.3, -0.25) is 19.7 Å². The molecule has 0 aliphatic carbocycles. The highest BCUT2D eigenvalue weighted by molar-refractivity contribution is 6.00. The van der Waals surface area contributed by atoms with Crippen LogP contribution in [-0.4, -0.2) is 70.5 Å². The molecule has 0 aromatic heterocycles. The standard InChI is InChI=1S/C14H18N4O8/c19-7-12(21)5-16-14(23)9-1-8(2-10(3-9)18(25)26)13(22)15-4-11(20)6-17-24/h1-3,11-12,19-21H,4-7H2,(H,15,22)(H,16,23)/p+1. The summed E-state index contributed by atoms with van der Waals surface area (Å²) in [6.45, 7) is -1.45. The summed E-state index contributed by atoms with van der Waals surface area (Å²) in [5, 5.41) is 44.3. The largest absolute Gasteiger partial charge is 0.394 e. The molecular weight excluding hydrogens is 352 g/mol. The molecule has 12 nitrogen and oxygen atoms in total. The number of hydrogen-bond donors (Lipinski definition) is 6. The van der Waals surface area contributed by atoms with Crippen molar-refractivity contribution in [1.82, 2.24) is 10.6 Å². The fourth-order valence-corrected chi connectivity index (χ4v) is 1.84. The maximum Gasteiger partial charge on any atom is 0.271 e. The number of aliphatic hydroxyl groups excluding tert-OH is 3. The summed E-state index contributed by atoms with van der Waals surface area (Å²) in [6.07, 6.45) is -2.35. The minimum Gasteiger partial charge on any atom is -0.394 e. The van der Waals surface area contributed by atoms with E-state index >= 15 is 0 Å². The summed E-state index contributed by atoms with van der Waals surface area (Å²) in [4.78, 5) is 44.5. The molecule has 1 aromatic carbocycles. The molecule has 1 aromatic rings. The zero-order chi connectivity index (χ0) is 19.7. The van der Waals surface area contributed by atoms with Crippen molar-refractivity contribution in [2.24, 2.45) is 0 Å². The van der Waals surface area contributed by atoms with Gasteiger partial charge in [-0.1, -0.05) is 0 Å². The van der Waals surface area contributed by atoms with Gasteiger partial charge in [-0.05, 0) is 11.2 Å². The van der Waals surface area contributed by atoms with Crippen molar-refractivity contribution < 1.29 is 35.0 Å². The number of carbonyl (C=O) groups is 2. The van der Waals surface area contributed by atoms with Crippen molar-refractivity contribution in [3.8, 4) is 0 Å². The Bertz CT molecular complexity index is 681. The topological polar surface area (TPSA) is 193 Å². The molecule has 2 unspecified atom stereocenters. The zero-order valence-corrected chi connectivity index (χ0v) is 13.5. The third-order valence-electron chi connectivity index (χ3n) is 3.18. The van der Waals surface area contributed by atoms with E-state index in [9.17, 15) is 34.8 Å². The molecule has 0 fully saturated rings.